The molecule has 1 aliphatic rings. The maximum Gasteiger partial charge on any atom is 0.414 e. The zero-order chi connectivity index (χ0) is 16.3. The molecule has 6 nitrogen and oxygen atoms in total. The van der Waals surface area contributed by atoms with Crippen LogP contribution in [0.4, 0.5) is 19.1 Å². The van der Waals surface area contributed by atoms with E-state index < -0.39 is 18.2 Å². The Morgan fingerprint density at radius 3 is 2.68 bits per heavy atom. The summed E-state index contributed by atoms with van der Waals surface area (Å²) in [5.41, 5.74) is 0.636. The number of hydrogen-bond acceptors (Lipinski definition) is 5. The van der Waals surface area contributed by atoms with Crippen molar-refractivity contribution < 1.29 is 27.6 Å². The highest BCUT2D eigenvalue weighted by molar-refractivity contribution is 5.90. The number of anilines is 1. The molecule has 1 amide bonds. The lowest BCUT2D eigenvalue weighted by Crippen LogP contribution is -2.45. The molecule has 2 N–H and O–H groups in total. The zero-order valence-corrected chi connectivity index (χ0v) is 12.1. The van der Waals surface area contributed by atoms with Gasteiger partial charge in [-0.05, 0) is 38.8 Å². The van der Waals surface area contributed by atoms with Crippen LogP contribution in [0.5, 0.6) is 0 Å². The Balaban J connectivity index is 1.76. The fourth-order valence-electron chi connectivity index (χ4n) is 2.50. The number of aromatic nitrogens is 1. The second kappa shape index (κ2) is 6.66. The van der Waals surface area contributed by atoms with E-state index in [-0.39, 0.29) is 31.2 Å². The number of aliphatic hydroxyl groups excluding tert-OH is 1. The quantitative estimate of drug-likeness (QED) is 0.880. The lowest BCUT2D eigenvalue weighted by Gasteiger charge is -2.34. The van der Waals surface area contributed by atoms with Gasteiger partial charge in [0.2, 0.25) is 11.8 Å². The second-order valence-electron chi connectivity index (χ2n) is 5.48. The molecule has 0 aromatic carbocycles. The third-order valence-electron chi connectivity index (χ3n) is 3.67. The van der Waals surface area contributed by atoms with Crippen molar-refractivity contribution in [1.82, 2.24) is 10.1 Å². The highest BCUT2D eigenvalue weighted by atomic mass is 19.4. The van der Waals surface area contributed by atoms with Crippen molar-refractivity contribution in [3.8, 4) is 0 Å². The van der Waals surface area contributed by atoms with E-state index in [9.17, 15) is 23.1 Å². The number of carbonyl (C=O) groups excluding carboxylic acids is 1. The van der Waals surface area contributed by atoms with Gasteiger partial charge in [0.25, 0.3) is 0 Å². The first-order chi connectivity index (χ1) is 10.3. The summed E-state index contributed by atoms with van der Waals surface area (Å²) in [7, 11) is 0. The number of alkyl halides is 3. The number of aliphatic hydroxyl groups is 1. The molecule has 22 heavy (non-hydrogen) atoms. The Kier molecular flexibility index (Phi) is 5.07. The van der Waals surface area contributed by atoms with Gasteiger partial charge in [-0.15, -0.1) is 0 Å². The molecule has 1 fully saturated rings. The van der Waals surface area contributed by atoms with Gasteiger partial charge in [-0.25, -0.2) is 0 Å². The fraction of sp³-hybridized carbons (Fsp3) is 0.692. The van der Waals surface area contributed by atoms with Crippen LogP contribution in [0.2, 0.25) is 0 Å². The van der Waals surface area contributed by atoms with E-state index in [0.717, 1.165) is 0 Å². The van der Waals surface area contributed by atoms with E-state index in [1.165, 1.54) is 0 Å². The van der Waals surface area contributed by atoms with Gasteiger partial charge in [0, 0.05) is 6.07 Å². The Bertz CT molecular complexity index is 510. The molecule has 0 bridgehead atoms. The van der Waals surface area contributed by atoms with Crippen LogP contribution in [-0.2, 0) is 4.79 Å². The first kappa shape index (κ1) is 16.8. The third kappa shape index (κ3) is 4.44. The topological polar surface area (TPSA) is 78.6 Å². The normalized spacial score (nSPS) is 19.1. The van der Waals surface area contributed by atoms with Crippen LogP contribution in [0, 0.1) is 12.8 Å². The van der Waals surface area contributed by atoms with Crippen molar-refractivity contribution in [2.45, 2.75) is 32.0 Å². The highest BCUT2D eigenvalue weighted by Crippen LogP contribution is 2.31. The van der Waals surface area contributed by atoms with E-state index in [2.05, 4.69) is 10.5 Å². The van der Waals surface area contributed by atoms with Gasteiger partial charge in [0.05, 0.1) is 12.2 Å². The summed E-state index contributed by atoms with van der Waals surface area (Å²) in [4.78, 5) is 13.5. The van der Waals surface area contributed by atoms with Crippen LogP contribution in [-0.4, -0.2) is 53.0 Å². The first-order valence-corrected chi connectivity index (χ1v) is 6.96. The predicted octanol–water partition coefficient (Wildman–Crippen LogP) is 1.56. The zero-order valence-electron chi connectivity index (χ0n) is 12.1. The van der Waals surface area contributed by atoms with Gasteiger partial charge >= 0.3 is 6.18 Å². The minimum Gasteiger partial charge on any atom is -0.383 e. The number of rotatable bonds is 4. The standard InChI is InChI=1S/C13H18F3N3O3/c1-8-6-11(22-18-8)17-10(20)7-19-4-2-9(3-5-19)12(21)13(14,15)16/h6,9,12,21H,2-5,7H2,1H3,(H,17,20). The predicted molar refractivity (Wildman–Crippen MR) is 71.1 cm³/mol. The molecule has 2 rings (SSSR count). The van der Waals surface area contributed by atoms with Crippen molar-refractivity contribution in [3.63, 3.8) is 0 Å². The van der Waals surface area contributed by atoms with E-state index in [1.807, 2.05) is 0 Å². The Hall–Kier alpha value is -1.61. The second-order valence-corrected chi connectivity index (χ2v) is 5.48. The van der Waals surface area contributed by atoms with Crippen LogP contribution in [0.1, 0.15) is 18.5 Å². The molecule has 1 atom stereocenters. The van der Waals surface area contributed by atoms with Crippen LogP contribution in [0.25, 0.3) is 0 Å². The fourth-order valence-corrected chi connectivity index (χ4v) is 2.50. The number of aryl methyl sites for hydroxylation is 1. The Morgan fingerprint density at radius 2 is 2.18 bits per heavy atom. The number of likely N-dealkylation sites (tertiary alicyclic amines) is 1. The maximum atomic E-state index is 12.4. The van der Waals surface area contributed by atoms with E-state index >= 15 is 0 Å². The average Bonchev–Trinajstić information content (AvgIpc) is 2.83. The number of halogens is 3. The Morgan fingerprint density at radius 1 is 1.55 bits per heavy atom. The summed E-state index contributed by atoms with van der Waals surface area (Å²) >= 11 is 0. The molecule has 1 unspecified atom stereocenters. The summed E-state index contributed by atoms with van der Waals surface area (Å²) < 4.78 is 42.2. The lowest BCUT2D eigenvalue weighted by molar-refractivity contribution is -0.223. The van der Waals surface area contributed by atoms with Crippen molar-refractivity contribution in [2.24, 2.45) is 5.92 Å². The van der Waals surface area contributed by atoms with Crippen LogP contribution in [0.15, 0.2) is 10.6 Å². The highest BCUT2D eigenvalue weighted by Gasteiger charge is 2.44. The summed E-state index contributed by atoms with van der Waals surface area (Å²) in [6.45, 7) is 2.45. The number of amides is 1. The summed E-state index contributed by atoms with van der Waals surface area (Å²) in [5.74, 6) is -0.882. The molecule has 9 heteroatoms. The molecular weight excluding hydrogens is 303 g/mol. The van der Waals surface area contributed by atoms with E-state index in [4.69, 9.17) is 4.52 Å². The van der Waals surface area contributed by atoms with Gasteiger partial charge in [-0.1, -0.05) is 5.16 Å². The monoisotopic (exact) mass is 321 g/mol. The summed E-state index contributed by atoms with van der Waals surface area (Å²) in [6, 6.07) is 1.57. The molecule has 2 heterocycles. The minimum absolute atomic E-state index is 0.0641. The number of hydrogen-bond donors (Lipinski definition) is 2. The molecule has 0 saturated carbocycles. The molecular formula is C13H18F3N3O3. The average molecular weight is 321 g/mol. The minimum atomic E-state index is -4.59. The van der Waals surface area contributed by atoms with Crippen LogP contribution in [0.3, 0.4) is 0 Å². The number of carbonyl (C=O) groups is 1. The van der Waals surface area contributed by atoms with Gasteiger partial charge < -0.3 is 9.63 Å². The largest absolute Gasteiger partial charge is 0.414 e. The molecule has 0 spiro atoms. The van der Waals surface area contributed by atoms with Crippen molar-refractivity contribution in [2.75, 3.05) is 25.0 Å². The van der Waals surface area contributed by atoms with Crippen molar-refractivity contribution in [3.05, 3.63) is 11.8 Å². The van der Waals surface area contributed by atoms with Gasteiger partial charge in [0.1, 0.15) is 0 Å². The van der Waals surface area contributed by atoms with Crippen molar-refractivity contribution in [1.29, 1.82) is 0 Å². The number of nitrogens with one attached hydrogen (secondary N) is 1. The molecule has 0 radical (unpaired) electrons. The number of nitrogens with zero attached hydrogens (tertiary/aromatic N) is 2. The smallest absolute Gasteiger partial charge is 0.383 e. The van der Waals surface area contributed by atoms with Gasteiger partial charge in [-0.2, -0.15) is 13.2 Å². The van der Waals surface area contributed by atoms with Crippen molar-refractivity contribution >= 4 is 11.8 Å². The van der Waals surface area contributed by atoms with Gasteiger partial charge in [-0.3, -0.25) is 15.0 Å². The van der Waals surface area contributed by atoms with E-state index in [0.29, 0.717) is 18.8 Å². The molecule has 1 saturated heterocycles. The molecule has 1 aromatic heterocycles. The molecule has 0 aliphatic carbocycles. The molecule has 124 valence electrons. The van der Waals surface area contributed by atoms with Crippen LogP contribution < -0.4 is 5.32 Å². The third-order valence-corrected chi connectivity index (χ3v) is 3.67. The Labute approximate surface area is 125 Å². The van der Waals surface area contributed by atoms with Gasteiger partial charge in [0.15, 0.2) is 6.10 Å². The van der Waals surface area contributed by atoms with E-state index in [1.54, 1.807) is 17.9 Å². The molecule has 1 aliphatic heterocycles. The lowest BCUT2D eigenvalue weighted by atomic mass is 9.91. The SMILES string of the molecule is Cc1cc(NC(=O)CN2CCC(C(O)C(F)(F)F)CC2)on1. The maximum absolute atomic E-state index is 12.4. The van der Waals surface area contributed by atoms with Crippen LogP contribution >= 0.6 is 0 Å². The number of piperidine rings is 1. The molecule has 1 aromatic rings. The summed E-state index contributed by atoms with van der Waals surface area (Å²) in [5, 5.41) is 15.4. The summed E-state index contributed by atoms with van der Waals surface area (Å²) in [6.07, 6.45) is -6.47. The first-order valence-electron chi connectivity index (χ1n) is 6.96.